The molecule has 4 rings (SSSR count). The average molecular weight is 410 g/mol. The minimum Gasteiger partial charge on any atom is -0.384 e. The van der Waals surface area contributed by atoms with Crippen LogP contribution in [0.1, 0.15) is 62.9 Å². The van der Waals surface area contributed by atoms with Crippen LogP contribution < -0.4 is 0 Å². The van der Waals surface area contributed by atoms with Gasteiger partial charge in [-0.15, -0.1) is 10.2 Å². The number of H-pyrrole nitrogens is 1. The number of methoxy groups -OCH3 is 1. The fraction of sp³-hybridized carbons (Fsp3) is 0.591. The zero-order valence-electron chi connectivity index (χ0n) is 18.4. The number of nitrogens with zero attached hydrogens (tertiary/aromatic N) is 6. The molecule has 0 saturated heterocycles. The molecule has 0 amide bonds. The van der Waals surface area contributed by atoms with Gasteiger partial charge in [-0.25, -0.2) is 0 Å². The quantitative estimate of drug-likeness (QED) is 0.599. The predicted molar refractivity (Wildman–Crippen MR) is 115 cm³/mol. The van der Waals surface area contributed by atoms with Gasteiger partial charge in [0.15, 0.2) is 0 Å². The van der Waals surface area contributed by atoms with E-state index in [4.69, 9.17) is 9.72 Å². The second kappa shape index (κ2) is 8.63. The molecule has 0 atom stereocenters. The molecule has 1 aliphatic carbocycles. The van der Waals surface area contributed by atoms with Crippen molar-refractivity contribution in [1.29, 1.82) is 0 Å². The van der Waals surface area contributed by atoms with Crippen molar-refractivity contribution in [3.63, 3.8) is 0 Å². The highest BCUT2D eigenvalue weighted by Gasteiger charge is 2.37. The summed E-state index contributed by atoms with van der Waals surface area (Å²) in [6.07, 6.45) is 9.23. The summed E-state index contributed by atoms with van der Waals surface area (Å²) in [4.78, 5) is 5.33. The van der Waals surface area contributed by atoms with Crippen LogP contribution in [0.4, 0.5) is 0 Å². The molecule has 30 heavy (non-hydrogen) atoms. The van der Waals surface area contributed by atoms with Crippen molar-refractivity contribution in [2.45, 2.75) is 64.2 Å². The molecule has 0 aliphatic heterocycles. The molecule has 1 N–H and O–H groups in total. The van der Waals surface area contributed by atoms with Crippen LogP contribution in [-0.4, -0.2) is 49.1 Å². The van der Waals surface area contributed by atoms with Crippen molar-refractivity contribution in [3.8, 4) is 22.6 Å². The van der Waals surface area contributed by atoms with E-state index in [0.717, 1.165) is 54.6 Å². The summed E-state index contributed by atoms with van der Waals surface area (Å²) in [5.74, 6) is 0.586. The second-order valence-electron chi connectivity index (χ2n) is 8.19. The number of fused-ring (bicyclic) bond motifs is 1. The summed E-state index contributed by atoms with van der Waals surface area (Å²) < 4.78 is 7.65. The summed E-state index contributed by atoms with van der Waals surface area (Å²) in [6, 6.07) is 2.07. The molecular formula is C22H31N7O. The SMILES string of the molecule is CCC(CC)(COC)c1nc2c(c(-c3ccnn3C)c1-c1nn[nH]n1)CCCCC2. The summed E-state index contributed by atoms with van der Waals surface area (Å²) in [7, 11) is 3.75. The first-order valence-corrected chi connectivity index (χ1v) is 10.9. The van der Waals surface area contributed by atoms with Crippen molar-refractivity contribution >= 4 is 0 Å². The van der Waals surface area contributed by atoms with Gasteiger partial charge >= 0.3 is 0 Å². The number of tetrazole rings is 1. The summed E-state index contributed by atoms with van der Waals surface area (Å²) in [5, 5.41) is 19.8. The zero-order valence-corrected chi connectivity index (χ0v) is 18.4. The smallest absolute Gasteiger partial charge is 0.207 e. The fourth-order valence-electron chi connectivity index (χ4n) is 4.82. The van der Waals surface area contributed by atoms with Crippen LogP contribution in [0.15, 0.2) is 12.3 Å². The Bertz CT molecular complexity index is 989. The van der Waals surface area contributed by atoms with Gasteiger partial charge in [0.05, 0.1) is 23.6 Å². The molecular weight excluding hydrogens is 378 g/mol. The molecule has 3 heterocycles. The van der Waals surface area contributed by atoms with E-state index in [1.807, 2.05) is 17.9 Å². The zero-order chi connectivity index (χ0) is 21.1. The van der Waals surface area contributed by atoms with E-state index >= 15 is 0 Å². The van der Waals surface area contributed by atoms with Crippen LogP contribution in [0.5, 0.6) is 0 Å². The van der Waals surface area contributed by atoms with Crippen molar-refractivity contribution < 1.29 is 4.74 Å². The highest BCUT2D eigenvalue weighted by atomic mass is 16.5. The molecule has 8 heteroatoms. The summed E-state index contributed by atoms with van der Waals surface area (Å²) in [5.41, 5.74) is 6.49. The number of aryl methyl sites for hydroxylation is 2. The molecule has 3 aromatic rings. The van der Waals surface area contributed by atoms with E-state index in [-0.39, 0.29) is 5.41 Å². The van der Waals surface area contributed by atoms with Crippen molar-refractivity contribution in [2.75, 3.05) is 13.7 Å². The fourth-order valence-corrected chi connectivity index (χ4v) is 4.82. The van der Waals surface area contributed by atoms with Crippen molar-refractivity contribution in [1.82, 2.24) is 35.4 Å². The normalized spacial score (nSPS) is 14.5. The monoisotopic (exact) mass is 409 g/mol. The van der Waals surface area contributed by atoms with Gasteiger partial charge in [-0.1, -0.05) is 20.3 Å². The first-order valence-electron chi connectivity index (χ1n) is 10.9. The highest BCUT2D eigenvalue weighted by molar-refractivity contribution is 5.84. The largest absolute Gasteiger partial charge is 0.384 e. The molecule has 3 aromatic heterocycles. The Hall–Kier alpha value is -2.61. The number of nitrogens with one attached hydrogen (secondary N) is 1. The third-order valence-corrected chi connectivity index (χ3v) is 6.65. The third kappa shape index (κ3) is 3.43. The molecule has 1 aliphatic rings. The maximum Gasteiger partial charge on any atom is 0.207 e. The van der Waals surface area contributed by atoms with Crippen LogP contribution in [0, 0.1) is 0 Å². The number of pyridine rings is 1. The number of aromatic nitrogens is 7. The minimum absolute atomic E-state index is 0.223. The third-order valence-electron chi connectivity index (χ3n) is 6.65. The second-order valence-corrected chi connectivity index (χ2v) is 8.19. The molecule has 8 nitrogen and oxygen atoms in total. The molecule has 0 spiro atoms. The maximum atomic E-state index is 5.72. The van der Waals surface area contributed by atoms with Crippen LogP contribution in [0.2, 0.25) is 0 Å². The molecule has 160 valence electrons. The van der Waals surface area contributed by atoms with Crippen LogP contribution in [0.25, 0.3) is 22.6 Å². The van der Waals surface area contributed by atoms with E-state index in [2.05, 4.69) is 45.6 Å². The number of rotatable bonds is 7. The predicted octanol–water partition coefficient (Wildman–Crippen LogP) is 3.64. The lowest BCUT2D eigenvalue weighted by Gasteiger charge is -2.34. The minimum atomic E-state index is -0.223. The summed E-state index contributed by atoms with van der Waals surface area (Å²) >= 11 is 0. The molecule has 0 unspecified atom stereocenters. The maximum absolute atomic E-state index is 5.72. The Labute approximate surface area is 177 Å². The lowest BCUT2D eigenvalue weighted by Crippen LogP contribution is -2.33. The topological polar surface area (TPSA) is 94.4 Å². The molecule has 0 radical (unpaired) electrons. The van der Waals surface area contributed by atoms with Crippen LogP contribution in [0.3, 0.4) is 0 Å². The molecule has 0 aromatic carbocycles. The highest BCUT2D eigenvalue weighted by Crippen LogP contribution is 2.44. The summed E-state index contributed by atoms with van der Waals surface area (Å²) in [6.45, 7) is 5.01. The van der Waals surface area contributed by atoms with Gasteiger partial charge in [0.2, 0.25) is 5.82 Å². The van der Waals surface area contributed by atoms with Gasteiger partial charge < -0.3 is 4.74 Å². The van der Waals surface area contributed by atoms with Gasteiger partial charge in [-0.3, -0.25) is 9.67 Å². The Morgan fingerprint density at radius 2 is 1.93 bits per heavy atom. The van der Waals surface area contributed by atoms with Crippen LogP contribution >= 0.6 is 0 Å². The van der Waals surface area contributed by atoms with Crippen LogP contribution in [-0.2, 0) is 30.0 Å². The van der Waals surface area contributed by atoms with Crippen molar-refractivity contribution in [2.24, 2.45) is 7.05 Å². The lowest BCUT2D eigenvalue weighted by molar-refractivity contribution is 0.121. The number of aromatic amines is 1. The lowest BCUT2D eigenvalue weighted by atomic mass is 9.75. The van der Waals surface area contributed by atoms with Gasteiger partial charge in [-0.2, -0.15) is 10.3 Å². The first-order chi connectivity index (χ1) is 14.6. The van der Waals surface area contributed by atoms with E-state index in [9.17, 15) is 0 Å². The van der Waals surface area contributed by atoms with E-state index in [0.29, 0.717) is 12.4 Å². The van der Waals surface area contributed by atoms with Gasteiger partial charge in [0.25, 0.3) is 0 Å². The van der Waals surface area contributed by atoms with Gasteiger partial charge in [-0.05, 0) is 55.4 Å². The number of hydrogen-bond donors (Lipinski definition) is 1. The Balaban J connectivity index is 2.13. The first kappa shape index (κ1) is 20.7. The Kier molecular flexibility index (Phi) is 5.94. The Morgan fingerprint density at radius 1 is 1.13 bits per heavy atom. The standard InChI is InChI=1S/C22H31N7O/c1-5-22(6-2,14-30-4)20-19(21-25-27-28-26-21)18(17-12-13-23-29(17)3)15-10-8-7-9-11-16(15)24-20/h12-13H,5-11,14H2,1-4H3,(H,25,26,27,28). The Morgan fingerprint density at radius 3 is 2.57 bits per heavy atom. The van der Waals surface area contributed by atoms with E-state index in [1.165, 1.54) is 24.1 Å². The van der Waals surface area contributed by atoms with E-state index in [1.54, 1.807) is 7.11 Å². The molecule has 0 bridgehead atoms. The van der Waals surface area contributed by atoms with Crippen molar-refractivity contribution in [3.05, 3.63) is 29.2 Å². The average Bonchev–Trinajstić information content (AvgIpc) is 3.38. The molecule has 0 saturated carbocycles. The molecule has 0 fully saturated rings. The van der Waals surface area contributed by atoms with E-state index < -0.39 is 0 Å². The number of ether oxygens (including phenoxy) is 1. The van der Waals surface area contributed by atoms with Gasteiger partial charge in [0, 0.05) is 37.0 Å². The number of hydrogen-bond acceptors (Lipinski definition) is 6. The van der Waals surface area contributed by atoms with Gasteiger partial charge in [0.1, 0.15) is 0 Å².